The number of hydrogen-bond donors (Lipinski definition) is 2. The molecule has 0 spiro atoms. The van der Waals surface area contributed by atoms with Gasteiger partial charge in [-0.3, -0.25) is 9.59 Å². The first-order valence-electron chi connectivity index (χ1n) is 9.42. The Kier molecular flexibility index (Phi) is 6.15. The van der Waals surface area contributed by atoms with Gasteiger partial charge in [-0.25, -0.2) is 0 Å². The molecule has 1 aromatic heterocycles. The minimum atomic E-state index is -0.385. The molecule has 0 radical (unpaired) electrons. The van der Waals surface area contributed by atoms with E-state index in [-0.39, 0.29) is 11.8 Å². The number of nitrogens with zero attached hydrogens (tertiary/aromatic N) is 1. The molecule has 8 heteroatoms. The van der Waals surface area contributed by atoms with Crippen LogP contribution in [0.25, 0.3) is 10.9 Å². The van der Waals surface area contributed by atoms with E-state index >= 15 is 0 Å². The van der Waals surface area contributed by atoms with Gasteiger partial charge in [-0.05, 0) is 31.2 Å². The van der Waals surface area contributed by atoms with E-state index < -0.39 is 0 Å². The van der Waals surface area contributed by atoms with E-state index in [0.29, 0.717) is 35.1 Å². The molecular formula is C22H25N3O5. The summed E-state index contributed by atoms with van der Waals surface area (Å²) >= 11 is 0. The number of methoxy groups -OCH3 is 2. The third-order valence-electron chi connectivity index (χ3n) is 4.56. The van der Waals surface area contributed by atoms with Crippen LogP contribution < -0.4 is 19.5 Å². The zero-order chi connectivity index (χ0) is 21.8. The van der Waals surface area contributed by atoms with Gasteiger partial charge in [0.1, 0.15) is 11.4 Å². The molecular weight excluding hydrogens is 386 g/mol. The summed E-state index contributed by atoms with van der Waals surface area (Å²) in [6, 6.07) is 10.4. The molecule has 0 saturated carbocycles. The zero-order valence-corrected chi connectivity index (χ0v) is 17.7. The summed E-state index contributed by atoms with van der Waals surface area (Å²) < 4.78 is 16.1. The normalized spacial score (nSPS) is 10.6. The van der Waals surface area contributed by atoms with Crippen LogP contribution in [0, 0.1) is 0 Å². The van der Waals surface area contributed by atoms with Crippen LogP contribution >= 0.6 is 0 Å². The lowest BCUT2D eigenvalue weighted by atomic mass is 10.1. The van der Waals surface area contributed by atoms with Gasteiger partial charge < -0.3 is 29.4 Å². The number of aromatic nitrogens is 1. The van der Waals surface area contributed by atoms with Crippen LogP contribution in [0.1, 0.15) is 27.8 Å². The molecule has 0 aliphatic carbocycles. The lowest BCUT2D eigenvalue weighted by Gasteiger charge is -2.17. The van der Waals surface area contributed by atoms with Crippen LogP contribution in [0.2, 0.25) is 0 Å². The van der Waals surface area contributed by atoms with Crippen molar-refractivity contribution in [2.45, 2.75) is 6.92 Å². The van der Waals surface area contributed by atoms with Crippen LogP contribution in [0.3, 0.4) is 0 Å². The highest BCUT2D eigenvalue weighted by molar-refractivity contribution is 6.10. The second-order valence-electron chi connectivity index (χ2n) is 6.77. The Labute approximate surface area is 174 Å². The van der Waals surface area contributed by atoms with Crippen LogP contribution in [0.15, 0.2) is 36.4 Å². The summed E-state index contributed by atoms with van der Waals surface area (Å²) in [7, 11) is 6.25. The van der Waals surface area contributed by atoms with Gasteiger partial charge in [0, 0.05) is 37.1 Å². The first-order valence-corrected chi connectivity index (χ1v) is 9.42. The third kappa shape index (κ3) is 4.17. The molecule has 0 fully saturated rings. The molecule has 3 aromatic rings. The van der Waals surface area contributed by atoms with Crippen molar-refractivity contribution >= 4 is 28.4 Å². The number of benzene rings is 2. The Morgan fingerprint density at radius 2 is 1.73 bits per heavy atom. The molecule has 2 N–H and O–H groups in total. The minimum absolute atomic E-state index is 0.274. The Hall–Kier alpha value is -3.68. The number of nitrogens with one attached hydrogen (secondary N) is 2. The monoisotopic (exact) mass is 411 g/mol. The SMILES string of the molecule is CCOc1ccc2cc(C(=O)Nc3cc(OC)c(OC)cc3C(=O)N(C)C)[nH]c2c1. The molecule has 1 heterocycles. The first kappa shape index (κ1) is 21.0. The van der Waals surface area contributed by atoms with Crippen molar-refractivity contribution in [1.82, 2.24) is 9.88 Å². The first-order chi connectivity index (χ1) is 14.4. The smallest absolute Gasteiger partial charge is 0.272 e. The molecule has 0 bridgehead atoms. The quantitative estimate of drug-likeness (QED) is 0.620. The lowest BCUT2D eigenvalue weighted by Crippen LogP contribution is -2.24. The maximum Gasteiger partial charge on any atom is 0.272 e. The summed E-state index contributed by atoms with van der Waals surface area (Å²) in [5.74, 6) is 0.863. The highest BCUT2D eigenvalue weighted by atomic mass is 16.5. The highest BCUT2D eigenvalue weighted by Gasteiger charge is 2.21. The second-order valence-corrected chi connectivity index (χ2v) is 6.77. The predicted molar refractivity (Wildman–Crippen MR) is 115 cm³/mol. The van der Waals surface area contributed by atoms with Gasteiger partial charge >= 0.3 is 0 Å². The third-order valence-corrected chi connectivity index (χ3v) is 4.56. The van der Waals surface area contributed by atoms with Crippen molar-refractivity contribution in [2.75, 3.05) is 40.2 Å². The number of rotatable bonds is 7. The zero-order valence-electron chi connectivity index (χ0n) is 17.7. The fourth-order valence-electron chi connectivity index (χ4n) is 3.07. The van der Waals surface area contributed by atoms with E-state index in [4.69, 9.17) is 14.2 Å². The largest absolute Gasteiger partial charge is 0.494 e. The number of hydrogen-bond acceptors (Lipinski definition) is 5. The van der Waals surface area contributed by atoms with Gasteiger partial charge in [0.15, 0.2) is 11.5 Å². The van der Waals surface area contributed by atoms with Crippen molar-refractivity contribution in [3.8, 4) is 17.2 Å². The topological polar surface area (TPSA) is 92.9 Å². The Bertz CT molecular complexity index is 1090. The van der Waals surface area contributed by atoms with Crippen molar-refractivity contribution in [1.29, 1.82) is 0 Å². The van der Waals surface area contributed by atoms with E-state index in [1.807, 2.05) is 25.1 Å². The van der Waals surface area contributed by atoms with Crippen LogP contribution in [-0.2, 0) is 0 Å². The molecule has 2 aromatic carbocycles. The standard InChI is InChI=1S/C22H25N3O5/c1-6-30-14-8-7-13-9-18(23-16(13)10-14)21(26)24-17-12-20(29-5)19(28-4)11-15(17)22(27)25(2)3/h7-12,23H,6H2,1-5H3,(H,24,26). The molecule has 3 rings (SSSR count). The van der Waals surface area contributed by atoms with E-state index in [0.717, 1.165) is 16.7 Å². The van der Waals surface area contributed by atoms with Crippen molar-refractivity contribution in [2.24, 2.45) is 0 Å². The number of fused-ring (bicyclic) bond motifs is 1. The predicted octanol–water partition coefficient (Wildman–Crippen LogP) is 3.54. The van der Waals surface area contributed by atoms with Crippen molar-refractivity contribution in [3.63, 3.8) is 0 Å². The minimum Gasteiger partial charge on any atom is -0.494 e. The van der Waals surface area contributed by atoms with Gasteiger partial charge in [0.2, 0.25) is 0 Å². The molecule has 0 aliphatic rings. The van der Waals surface area contributed by atoms with Crippen molar-refractivity contribution < 1.29 is 23.8 Å². The highest BCUT2D eigenvalue weighted by Crippen LogP contribution is 2.34. The Morgan fingerprint density at radius 3 is 2.37 bits per heavy atom. The van der Waals surface area contributed by atoms with Gasteiger partial charge in [-0.2, -0.15) is 0 Å². The van der Waals surface area contributed by atoms with E-state index in [2.05, 4.69) is 10.3 Å². The number of amides is 2. The molecule has 30 heavy (non-hydrogen) atoms. The maximum absolute atomic E-state index is 12.9. The van der Waals surface area contributed by atoms with E-state index in [9.17, 15) is 9.59 Å². The number of H-pyrrole nitrogens is 1. The molecule has 0 saturated heterocycles. The Balaban J connectivity index is 1.97. The van der Waals surface area contributed by atoms with Gasteiger partial charge in [0.25, 0.3) is 11.8 Å². The van der Waals surface area contributed by atoms with E-state index in [1.54, 1.807) is 32.3 Å². The summed E-state index contributed by atoms with van der Waals surface area (Å²) in [6.07, 6.45) is 0. The van der Waals surface area contributed by atoms with Gasteiger partial charge in [-0.15, -0.1) is 0 Å². The van der Waals surface area contributed by atoms with Crippen LogP contribution in [-0.4, -0.2) is 56.6 Å². The average Bonchev–Trinajstić information content (AvgIpc) is 3.16. The number of ether oxygens (including phenoxy) is 3. The van der Waals surface area contributed by atoms with Crippen LogP contribution in [0.5, 0.6) is 17.2 Å². The lowest BCUT2D eigenvalue weighted by molar-refractivity contribution is 0.0828. The number of carbonyl (C=O) groups is 2. The number of aromatic amines is 1. The number of carbonyl (C=O) groups excluding carboxylic acids is 2. The molecule has 2 amide bonds. The molecule has 158 valence electrons. The van der Waals surface area contributed by atoms with Gasteiger partial charge in [-0.1, -0.05) is 0 Å². The maximum atomic E-state index is 12.9. The van der Waals surface area contributed by atoms with E-state index in [1.165, 1.54) is 19.1 Å². The molecule has 0 atom stereocenters. The van der Waals surface area contributed by atoms with Gasteiger partial charge in [0.05, 0.1) is 32.1 Å². The van der Waals surface area contributed by atoms with Crippen molar-refractivity contribution in [3.05, 3.63) is 47.7 Å². The number of anilines is 1. The fraction of sp³-hybridized carbons (Fsp3) is 0.273. The summed E-state index contributed by atoms with van der Waals surface area (Å²) in [5, 5.41) is 3.68. The fourth-order valence-corrected chi connectivity index (χ4v) is 3.07. The Morgan fingerprint density at radius 1 is 1.03 bits per heavy atom. The average molecular weight is 411 g/mol. The summed E-state index contributed by atoms with van der Waals surface area (Å²) in [5.41, 5.74) is 1.76. The molecule has 0 unspecified atom stereocenters. The summed E-state index contributed by atoms with van der Waals surface area (Å²) in [4.78, 5) is 30.1. The molecule has 8 nitrogen and oxygen atoms in total. The molecule has 0 aliphatic heterocycles. The summed E-state index contributed by atoms with van der Waals surface area (Å²) in [6.45, 7) is 2.47. The van der Waals surface area contributed by atoms with Crippen LogP contribution in [0.4, 0.5) is 5.69 Å². The second kappa shape index (κ2) is 8.77.